The van der Waals surface area contributed by atoms with Gasteiger partial charge in [-0.15, -0.1) is 0 Å². The summed E-state index contributed by atoms with van der Waals surface area (Å²) < 4.78 is 20.9. The van der Waals surface area contributed by atoms with Crippen LogP contribution in [0.1, 0.15) is 87.0 Å². The second-order valence-corrected chi connectivity index (χ2v) is 10.4. The molecule has 0 unspecified atom stereocenters. The van der Waals surface area contributed by atoms with Crippen molar-refractivity contribution in [3.63, 3.8) is 0 Å². The van der Waals surface area contributed by atoms with Crippen molar-refractivity contribution >= 4 is 5.97 Å². The number of carbonyl (C=O) groups is 1. The highest BCUT2D eigenvalue weighted by Crippen LogP contribution is 2.63. The molecular formula is C21H37FO2. The molecule has 0 aromatic carbocycles. The number of alkyl halides is 1. The van der Waals surface area contributed by atoms with Crippen LogP contribution in [0, 0.1) is 28.1 Å². The first-order valence-electron chi connectivity index (χ1n) is 9.67. The topological polar surface area (TPSA) is 26.3 Å². The van der Waals surface area contributed by atoms with Gasteiger partial charge < -0.3 is 4.74 Å². The van der Waals surface area contributed by atoms with Crippen molar-refractivity contribution in [1.29, 1.82) is 0 Å². The summed E-state index contributed by atoms with van der Waals surface area (Å²) in [6.07, 6.45) is 5.76. The monoisotopic (exact) mass is 340 g/mol. The van der Waals surface area contributed by atoms with Gasteiger partial charge in [0, 0.05) is 5.92 Å². The van der Waals surface area contributed by atoms with Gasteiger partial charge in [0.25, 0.3) is 0 Å². The Morgan fingerprint density at radius 1 is 1.12 bits per heavy atom. The van der Waals surface area contributed by atoms with Gasteiger partial charge in [0.2, 0.25) is 0 Å². The number of fused-ring (bicyclic) bond motifs is 1. The van der Waals surface area contributed by atoms with E-state index >= 15 is 4.39 Å². The molecule has 140 valence electrons. The Bertz CT molecular complexity index is 475. The van der Waals surface area contributed by atoms with E-state index in [1.54, 1.807) is 6.92 Å². The molecule has 0 bridgehead atoms. The van der Waals surface area contributed by atoms with Gasteiger partial charge >= 0.3 is 5.97 Å². The van der Waals surface area contributed by atoms with E-state index in [-0.39, 0.29) is 22.7 Å². The number of rotatable bonds is 3. The predicted molar refractivity (Wildman–Crippen MR) is 96.5 cm³/mol. The van der Waals surface area contributed by atoms with Crippen LogP contribution in [0.25, 0.3) is 0 Å². The fourth-order valence-corrected chi connectivity index (χ4v) is 5.71. The lowest BCUT2D eigenvalue weighted by Gasteiger charge is -2.60. The van der Waals surface area contributed by atoms with Gasteiger partial charge in [0.05, 0.1) is 12.0 Å². The Balaban J connectivity index is 2.14. The van der Waals surface area contributed by atoms with Crippen LogP contribution in [0.15, 0.2) is 0 Å². The standard InChI is InChI=1S/C21H37FO2/c1-18(2,3)17(23)24-14-10-16-20(6)12-8-11-19(4,5)15(20)9-13-21(16,7)22/h15-16H,8-14H2,1-7H3/t15-,16+,20-,21+/m0/s1. The molecule has 24 heavy (non-hydrogen) atoms. The van der Waals surface area contributed by atoms with Gasteiger partial charge in [-0.2, -0.15) is 0 Å². The lowest BCUT2D eigenvalue weighted by Crippen LogP contribution is -2.56. The zero-order valence-electron chi connectivity index (χ0n) is 16.8. The molecular weight excluding hydrogens is 303 g/mol. The fourth-order valence-electron chi connectivity index (χ4n) is 5.71. The molecule has 2 rings (SSSR count). The van der Waals surface area contributed by atoms with Crippen molar-refractivity contribution < 1.29 is 13.9 Å². The van der Waals surface area contributed by atoms with E-state index in [9.17, 15) is 4.79 Å². The molecule has 0 spiro atoms. The molecule has 0 N–H and O–H groups in total. The van der Waals surface area contributed by atoms with E-state index in [4.69, 9.17) is 4.74 Å². The first-order valence-corrected chi connectivity index (χ1v) is 9.67. The normalized spacial score (nSPS) is 39.2. The van der Waals surface area contributed by atoms with Gasteiger partial charge in [-0.05, 0) is 76.5 Å². The van der Waals surface area contributed by atoms with Crippen LogP contribution in [0.3, 0.4) is 0 Å². The second kappa shape index (κ2) is 6.29. The number of hydrogen-bond donors (Lipinski definition) is 0. The molecule has 0 aliphatic heterocycles. The number of ether oxygens (including phenoxy) is 1. The first kappa shape index (κ1) is 19.7. The second-order valence-electron chi connectivity index (χ2n) is 10.4. The van der Waals surface area contributed by atoms with Crippen LogP contribution in [-0.2, 0) is 9.53 Å². The third kappa shape index (κ3) is 3.65. The van der Waals surface area contributed by atoms with Gasteiger partial charge in [-0.25, -0.2) is 4.39 Å². The first-order chi connectivity index (χ1) is 10.8. The van der Waals surface area contributed by atoms with Crippen LogP contribution in [-0.4, -0.2) is 18.2 Å². The van der Waals surface area contributed by atoms with Gasteiger partial charge in [-0.1, -0.05) is 27.2 Å². The van der Waals surface area contributed by atoms with Crippen molar-refractivity contribution in [1.82, 2.24) is 0 Å². The van der Waals surface area contributed by atoms with Crippen LogP contribution in [0.2, 0.25) is 0 Å². The minimum atomic E-state index is -1.16. The highest BCUT2D eigenvalue weighted by molar-refractivity contribution is 5.75. The molecule has 0 amide bonds. The van der Waals surface area contributed by atoms with E-state index in [0.29, 0.717) is 25.4 Å². The molecule has 3 heteroatoms. The zero-order chi connectivity index (χ0) is 18.4. The summed E-state index contributed by atoms with van der Waals surface area (Å²) in [6, 6.07) is 0. The summed E-state index contributed by atoms with van der Waals surface area (Å²) >= 11 is 0. The molecule has 2 fully saturated rings. The number of halogens is 1. The highest BCUT2D eigenvalue weighted by Gasteiger charge is 2.58. The SMILES string of the molecule is CC(C)(C)C(=O)OCC[C@@H]1[C@@]2(C)CCCC(C)(C)[C@@H]2CC[C@@]1(C)F. The summed E-state index contributed by atoms with van der Waals surface area (Å²) in [5.41, 5.74) is -1.36. The average molecular weight is 341 g/mol. The molecule has 2 aliphatic carbocycles. The molecule has 0 aromatic rings. The van der Waals surface area contributed by atoms with Crippen molar-refractivity contribution in [3.8, 4) is 0 Å². The zero-order valence-corrected chi connectivity index (χ0v) is 16.8. The van der Waals surface area contributed by atoms with Crippen LogP contribution < -0.4 is 0 Å². The summed E-state index contributed by atoms with van der Waals surface area (Å²) in [4.78, 5) is 12.0. The summed E-state index contributed by atoms with van der Waals surface area (Å²) in [5.74, 6) is 0.339. The van der Waals surface area contributed by atoms with Gasteiger partial charge in [0.1, 0.15) is 5.67 Å². The van der Waals surface area contributed by atoms with Crippen LogP contribution in [0.4, 0.5) is 4.39 Å². The van der Waals surface area contributed by atoms with E-state index < -0.39 is 11.1 Å². The Labute approximate surface area is 147 Å². The summed E-state index contributed by atoms with van der Waals surface area (Å²) in [7, 11) is 0. The molecule has 2 nitrogen and oxygen atoms in total. The Morgan fingerprint density at radius 3 is 2.33 bits per heavy atom. The third-order valence-corrected chi connectivity index (χ3v) is 6.97. The molecule has 0 heterocycles. The van der Waals surface area contributed by atoms with E-state index in [1.165, 1.54) is 12.8 Å². The van der Waals surface area contributed by atoms with Crippen molar-refractivity contribution in [2.24, 2.45) is 28.1 Å². The van der Waals surface area contributed by atoms with Gasteiger partial charge in [0.15, 0.2) is 0 Å². The van der Waals surface area contributed by atoms with Crippen molar-refractivity contribution in [2.45, 2.75) is 92.7 Å². The quantitative estimate of drug-likeness (QED) is 0.595. The largest absolute Gasteiger partial charge is 0.465 e. The summed E-state index contributed by atoms with van der Waals surface area (Å²) in [6.45, 7) is 14.7. The minimum Gasteiger partial charge on any atom is -0.465 e. The van der Waals surface area contributed by atoms with E-state index in [2.05, 4.69) is 20.8 Å². The van der Waals surface area contributed by atoms with E-state index in [0.717, 1.165) is 12.8 Å². The Kier molecular flexibility index (Phi) is 5.16. The van der Waals surface area contributed by atoms with Crippen molar-refractivity contribution in [2.75, 3.05) is 6.61 Å². The smallest absolute Gasteiger partial charge is 0.311 e. The molecule has 0 aromatic heterocycles. The number of hydrogen-bond acceptors (Lipinski definition) is 2. The molecule has 0 radical (unpaired) electrons. The molecule has 2 saturated carbocycles. The van der Waals surface area contributed by atoms with Crippen LogP contribution >= 0.6 is 0 Å². The summed E-state index contributed by atoms with van der Waals surface area (Å²) in [5, 5.41) is 0. The van der Waals surface area contributed by atoms with E-state index in [1.807, 2.05) is 20.8 Å². The Morgan fingerprint density at radius 2 is 1.75 bits per heavy atom. The minimum absolute atomic E-state index is 0.0115. The Hall–Kier alpha value is -0.600. The average Bonchev–Trinajstić information content (AvgIpc) is 2.39. The lowest BCUT2D eigenvalue weighted by atomic mass is 9.45. The predicted octanol–water partition coefficient (Wildman–Crippen LogP) is 5.94. The number of esters is 1. The molecule has 4 atom stereocenters. The molecule has 2 aliphatic rings. The maximum Gasteiger partial charge on any atom is 0.311 e. The van der Waals surface area contributed by atoms with Gasteiger partial charge in [-0.3, -0.25) is 4.79 Å². The number of carbonyl (C=O) groups excluding carboxylic acids is 1. The molecule has 0 saturated heterocycles. The maximum atomic E-state index is 15.4. The fraction of sp³-hybridized carbons (Fsp3) is 0.952. The maximum absolute atomic E-state index is 15.4. The van der Waals surface area contributed by atoms with Crippen LogP contribution in [0.5, 0.6) is 0 Å². The van der Waals surface area contributed by atoms with Crippen molar-refractivity contribution in [3.05, 3.63) is 0 Å². The lowest BCUT2D eigenvalue weighted by molar-refractivity contribution is -0.161. The third-order valence-electron chi connectivity index (χ3n) is 6.97. The highest BCUT2D eigenvalue weighted by atomic mass is 19.1.